The highest BCUT2D eigenvalue weighted by Crippen LogP contribution is 2.24. The molecule has 0 aromatic heterocycles. The molecule has 0 heterocycles. The molecule has 5 nitrogen and oxygen atoms in total. The number of carbonyl (C=O) groups is 1. The largest absolute Gasteiger partial charge is 0.354 e. The Morgan fingerprint density at radius 2 is 1.81 bits per heavy atom. The molecular formula is C17H17Cl2FN2O3S. The van der Waals surface area contributed by atoms with Gasteiger partial charge in [-0.25, -0.2) is 12.8 Å². The quantitative estimate of drug-likeness (QED) is 0.750. The number of benzene rings is 2. The lowest BCUT2D eigenvalue weighted by Gasteiger charge is -2.22. The van der Waals surface area contributed by atoms with Gasteiger partial charge in [0.15, 0.2) is 0 Å². The van der Waals surface area contributed by atoms with Crippen molar-refractivity contribution >= 4 is 44.8 Å². The molecule has 0 spiro atoms. The molecule has 1 N–H and O–H groups in total. The van der Waals surface area contributed by atoms with Crippen molar-refractivity contribution in [2.75, 3.05) is 23.7 Å². The second-order valence-electron chi connectivity index (χ2n) is 5.59. The summed E-state index contributed by atoms with van der Waals surface area (Å²) in [6.07, 6.45) is 1.54. The fraction of sp³-hybridized carbons (Fsp3) is 0.235. The molecular weight excluding hydrogens is 402 g/mol. The molecule has 0 atom stereocenters. The molecule has 2 rings (SSSR count). The Balaban J connectivity index is 2.00. The zero-order chi connectivity index (χ0) is 19.3. The van der Waals surface area contributed by atoms with E-state index in [0.29, 0.717) is 18.0 Å². The first kappa shape index (κ1) is 20.5. The molecule has 2 aromatic rings. The van der Waals surface area contributed by atoms with Crippen LogP contribution in [0.15, 0.2) is 42.5 Å². The molecule has 0 saturated heterocycles. The van der Waals surface area contributed by atoms with Gasteiger partial charge in [0, 0.05) is 11.6 Å². The number of amides is 1. The monoisotopic (exact) mass is 418 g/mol. The highest BCUT2D eigenvalue weighted by atomic mass is 35.5. The number of halogens is 3. The van der Waals surface area contributed by atoms with Crippen molar-refractivity contribution in [3.8, 4) is 0 Å². The maximum Gasteiger partial charge on any atom is 0.240 e. The minimum Gasteiger partial charge on any atom is -0.354 e. The van der Waals surface area contributed by atoms with Crippen LogP contribution in [-0.4, -0.2) is 33.7 Å². The number of nitrogens with zero attached hydrogens (tertiary/aromatic N) is 1. The van der Waals surface area contributed by atoms with Crippen LogP contribution in [0.25, 0.3) is 0 Å². The average molecular weight is 419 g/mol. The third kappa shape index (κ3) is 5.86. The second kappa shape index (κ2) is 8.70. The van der Waals surface area contributed by atoms with E-state index in [4.69, 9.17) is 23.2 Å². The molecule has 140 valence electrons. The topological polar surface area (TPSA) is 66.5 Å². The van der Waals surface area contributed by atoms with Gasteiger partial charge in [0.05, 0.1) is 17.0 Å². The maximum atomic E-state index is 13.3. The van der Waals surface area contributed by atoms with E-state index in [1.54, 1.807) is 12.1 Å². The molecule has 0 bridgehead atoms. The Kier molecular flexibility index (Phi) is 6.86. The number of sulfonamides is 1. The van der Waals surface area contributed by atoms with E-state index >= 15 is 0 Å². The fourth-order valence-corrected chi connectivity index (χ4v) is 3.37. The molecule has 9 heteroatoms. The molecule has 0 aliphatic rings. The number of hydrogen-bond donors (Lipinski definition) is 1. The van der Waals surface area contributed by atoms with E-state index in [-0.39, 0.29) is 10.7 Å². The molecule has 26 heavy (non-hydrogen) atoms. The maximum absolute atomic E-state index is 13.3. The van der Waals surface area contributed by atoms with Gasteiger partial charge in [-0.3, -0.25) is 9.10 Å². The summed E-state index contributed by atoms with van der Waals surface area (Å²) in [7, 11) is -3.75. The first-order chi connectivity index (χ1) is 12.2. The SMILES string of the molecule is CS(=O)(=O)N(CC(=O)NCCc1ccc(Cl)cc1)c1ccc(F)c(Cl)c1. The third-order valence-electron chi connectivity index (χ3n) is 3.53. The van der Waals surface area contributed by atoms with Crippen LogP contribution in [0, 0.1) is 5.82 Å². The van der Waals surface area contributed by atoms with Crippen molar-refractivity contribution in [1.29, 1.82) is 0 Å². The van der Waals surface area contributed by atoms with Crippen LogP contribution in [0.3, 0.4) is 0 Å². The van der Waals surface area contributed by atoms with Gasteiger partial charge in [-0.1, -0.05) is 35.3 Å². The van der Waals surface area contributed by atoms with E-state index in [0.717, 1.165) is 22.2 Å². The molecule has 0 aliphatic carbocycles. The minimum atomic E-state index is -3.75. The molecule has 0 unspecified atom stereocenters. The van der Waals surface area contributed by atoms with Crippen LogP contribution < -0.4 is 9.62 Å². The van der Waals surface area contributed by atoms with Crippen molar-refractivity contribution in [3.05, 3.63) is 63.9 Å². The zero-order valence-corrected chi connectivity index (χ0v) is 16.2. The van der Waals surface area contributed by atoms with Crippen LogP contribution in [0.4, 0.5) is 10.1 Å². The van der Waals surface area contributed by atoms with E-state index in [2.05, 4.69) is 5.32 Å². The van der Waals surface area contributed by atoms with Crippen molar-refractivity contribution in [3.63, 3.8) is 0 Å². The normalized spacial score (nSPS) is 11.2. The van der Waals surface area contributed by atoms with Gasteiger partial charge < -0.3 is 5.32 Å². The summed E-state index contributed by atoms with van der Waals surface area (Å²) in [5, 5.41) is 3.06. The molecule has 0 saturated carbocycles. The molecule has 2 aromatic carbocycles. The lowest BCUT2D eigenvalue weighted by molar-refractivity contribution is -0.119. The number of nitrogens with one attached hydrogen (secondary N) is 1. The number of hydrogen-bond acceptors (Lipinski definition) is 3. The highest BCUT2D eigenvalue weighted by Gasteiger charge is 2.21. The lowest BCUT2D eigenvalue weighted by atomic mass is 10.1. The summed E-state index contributed by atoms with van der Waals surface area (Å²) in [6, 6.07) is 10.7. The van der Waals surface area contributed by atoms with Gasteiger partial charge in [-0.2, -0.15) is 0 Å². The zero-order valence-electron chi connectivity index (χ0n) is 13.9. The van der Waals surface area contributed by atoms with E-state index in [9.17, 15) is 17.6 Å². The number of carbonyl (C=O) groups excluding carboxylic acids is 1. The molecule has 0 radical (unpaired) electrons. The smallest absolute Gasteiger partial charge is 0.240 e. The van der Waals surface area contributed by atoms with E-state index < -0.39 is 28.3 Å². The Morgan fingerprint density at radius 3 is 2.38 bits per heavy atom. The summed E-state index contributed by atoms with van der Waals surface area (Å²) in [4.78, 5) is 12.1. The van der Waals surface area contributed by atoms with Gasteiger partial charge in [0.1, 0.15) is 12.4 Å². The predicted octanol–water partition coefficient (Wildman–Crippen LogP) is 3.26. The van der Waals surface area contributed by atoms with Crippen molar-refractivity contribution < 1.29 is 17.6 Å². The van der Waals surface area contributed by atoms with Crippen LogP contribution in [-0.2, 0) is 21.2 Å². The van der Waals surface area contributed by atoms with Crippen LogP contribution in [0.2, 0.25) is 10.0 Å². The van der Waals surface area contributed by atoms with Crippen molar-refractivity contribution in [2.45, 2.75) is 6.42 Å². The van der Waals surface area contributed by atoms with Crippen LogP contribution >= 0.6 is 23.2 Å². The van der Waals surface area contributed by atoms with Crippen LogP contribution in [0.5, 0.6) is 0 Å². The van der Waals surface area contributed by atoms with Crippen molar-refractivity contribution in [2.24, 2.45) is 0 Å². The summed E-state index contributed by atoms with van der Waals surface area (Å²) in [5.74, 6) is -1.15. The predicted molar refractivity (Wildman–Crippen MR) is 102 cm³/mol. The van der Waals surface area contributed by atoms with E-state index in [1.165, 1.54) is 12.1 Å². The van der Waals surface area contributed by atoms with Crippen molar-refractivity contribution in [1.82, 2.24) is 5.32 Å². The Bertz CT molecular complexity index is 889. The number of rotatable bonds is 7. The number of anilines is 1. The second-order valence-corrected chi connectivity index (χ2v) is 8.34. The standard InChI is InChI=1S/C17H17Cl2FN2O3S/c1-26(24,25)22(14-6-7-16(20)15(19)10-14)11-17(23)21-9-8-12-2-4-13(18)5-3-12/h2-7,10H,8-9,11H2,1H3,(H,21,23). The van der Waals surface area contributed by atoms with Crippen LogP contribution in [0.1, 0.15) is 5.56 Å². The average Bonchev–Trinajstić information content (AvgIpc) is 2.56. The Labute approximate surface area is 161 Å². The van der Waals surface area contributed by atoms with E-state index in [1.807, 2.05) is 12.1 Å². The Hall–Kier alpha value is -1.83. The fourth-order valence-electron chi connectivity index (χ4n) is 2.22. The van der Waals surface area contributed by atoms with Gasteiger partial charge in [-0.05, 0) is 42.3 Å². The molecule has 0 aliphatic heterocycles. The van der Waals surface area contributed by atoms with Gasteiger partial charge in [0.25, 0.3) is 0 Å². The summed E-state index contributed by atoms with van der Waals surface area (Å²) < 4.78 is 38.1. The first-order valence-electron chi connectivity index (χ1n) is 7.61. The lowest BCUT2D eigenvalue weighted by Crippen LogP contribution is -2.41. The minimum absolute atomic E-state index is 0.117. The van der Waals surface area contributed by atoms with Gasteiger partial charge >= 0.3 is 0 Å². The molecule has 1 amide bonds. The summed E-state index contributed by atoms with van der Waals surface area (Å²) in [5.41, 5.74) is 1.10. The highest BCUT2D eigenvalue weighted by molar-refractivity contribution is 7.92. The first-order valence-corrected chi connectivity index (χ1v) is 10.2. The third-order valence-corrected chi connectivity index (χ3v) is 5.21. The Morgan fingerprint density at radius 1 is 1.15 bits per heavy atom. The summed E-state index contributed by atoms with van der Waals surface area (Å²) >= 11 is 11.5. The molecule has 0 fully saturated rings. The van der Waals surface area contributed by atoms with Gasteiger partial charge in [0.2, 0.25) is 15.9 Å². The summed E-state index contributed by atoms with van der Waals surface area (Å²) in [6.45, 7) is -0.0936. The van der Waals surface area contributed by atoms with Gasteiger partial charge in [-0.15, -0.1) is 0 Å².